The summed E-state index contributed by atoms with van der Waals surface area (Å²) in [5.74, 6) is 10.9. The second-order valence-electron chi connectivity index (χ2n) is 46.6. The zero-order valence-electron chi connectivity index (χ0n) is 91.6. The van der Waals surface area contributed by atoms with Crippen LogP contribution >= 0.6 is 0 Å². The zero-order valence-corrected chi connectivity index (χ0v) is 91.6. The third-order valence-corrected chi connectivity index (χ3v) is 38.4. The Bertz CT molecular complexity index is 4270. The van der Waals surface area contributed by atoms with Crippen LogP contribution in [-0.2, 0) is 44.6 Å². The maximum Gasteiger partial charge on any atom is 0.0581 e. The molecule has 139 heavy (non-hydrogen) atoms. The SMILES string of the molecule is C/C=C/C1CCC(=C2CCC(c3ccc(CC)cc3)CC2)CC1.C=CC1CCC(=C2CCC(c3ccc(CC)cc3)CC2)CC1.CCCC1CCC(=C2CCC(C3CCC(OCC)CC3)CC2)CC1.CCCc1ccc(C2CCC(=C3CCC(OCC)CC3)CC2)cc1.CCOC1CCC(=C2CCC(c3ccc(CC)cc3)CC2)CC1.CCOC1CCC(C2CCC(=C3CCC(CC)CC3)CC2)CC1. The number of aryl methyl sites for hydroxylation is 4. The van der Waals surface area contributed by atoms with Gasteiger partial charge in [-0.05, 0) is 535 Å². The predicted molar refractivity (Wildman–Crippen MR) is 599 cm³/mol. The molecule has 4 heteroatoms. The standard InChI is InChI=1S/C23H40O.C23H34O.C23H32.C22H38O.C22H32O.C22H30/c2*1-3-5-18-6-8-19(9-7-18)20-10-12-21(13-11-20)22-14-16-23(17-15-22)24-4-2;1-3-5-19-8-12-21(13-9-19)23-16-14-22(15-17-23)20-10-6-18(4-2)7-11-20;2*1-3-17-5-7-18(8-6-17)19-9-11-20(12-10-19)21-13-15-22(16-14-21)23-4-2;1-3-17-5-9-19(10-6-17)21-13-15-22(16-14-21)20-11-7-18(4-2)8-12-20/h18,21-23H,3-17H2,1-2H3;6-9,20,23H,3-5,10-17H2,1-2H3;3,5-7,10-11,19,22H,4,8-9,12-17H2,1-2H3;17,20-22H,3-16H2,1-2H3;5-8,19,22H,3-4,9-16H2,1-2H3;3,7-8,11-12,17,22H,1,4-6,9-10,13-16H2,2H3/b;;5-3+,23-21?;;;. The summed E-state index contributed by atoms with van der Waals surface area (Å²) in [7, 11) is 0. The van der Waals surface area contributed by atoms with Crippen LogP contribution in [-0.4, -0.2) is 50.8 Å². The summed E-state index contributed by atoms with van der Waals surface area (Å²) in [6, 6.07) is 37.6. The Morgan fingerprint density at radius 3 is 0.712 bits per heavy atom. The average molecular weight is 1890 g/mol. The van der Waals surface area contributed by atoms with Crippen molar-refractivity contribution in [1.29, 1.82) is 0 Å². The fraction of sp³-hybridized carbons (Fsp3) is 0.704. The van der Waals surface area contributed by atoms with Crippen molar-refractivity contribution in [3.05, 3.63) is 233 Å². The van der Waals surface area contributed by atoms with Crippen molar-refractivity contribution in [2.45, 2.75) is 535 Å². The smallest absolute Gasteiger partial charge is 0.0581 e. The van der Waals surface area contributed by atoms with Gasteiger partial charge in [0.05, 0.1) is 24.4 Å². The molecule has 0 aliphatic heterocycles. The molecule has 0 atom stereocenters. The highest BCUT2D eigenvalue weighted by molar-refractivity contribution is 5.34. The van der Waals surface area contributed by atoms with E-state index >= 15 is 0 Å². The minimum atomic E-state index is 0.525. The normalized spacial score (nSPS) is 29.1. The van der Waals surface area contributed by atoms with Crippen molar-refractivity contribution in [2.24, 2.45) is 47.3 Å². The molecular weight excluding hydrogens is 1690 g/mol. The molecule has 0 heterocycles. The summed E-state index contributed by atoms with van der Waals surface area (Å²) in [4.78, 5) is 0. The Labute approximate surface area is 855 Å². The second kappa shape index (κ2) is 61.3. The van der Waals surface area contributed by atoms with E-state index in [1.807, 2.05) is 39.0 Å². The maximum atomic E-state index is 5.83. The summed E-state index contributed by atoms with van der Waals surface area (Å²) < 4.78 is 23.2. The van der Waals surface area contributed by atoms with Crippen molar-refractivity contribution < 1.29 is 18.9 Å². The van der Waals surface area contributed by atoms with Gasteiger partial charge in [-0.25, -0.2) is 0 Å². The van der Waals surface area contributed by atoms with Crippen molar-refractivity contribution in [2.75, 3.05) is 26.4 Å². The number of benzene rings is 4. The lowest BCUT2D eigenvalue weighted by atomic mass is 9.70. The molecule has 0 unspecified atom stereocenters. The fourth-order valence-electron chi connectivity index (χ4n) is 29.1. The quantitative estimate of drug-likeness (QED) is 0.0655. The van der Waals surface area contributed by atoms with Gasteiger partial charge in [-0.3, -0.25) is 0 Å². The Morgan fingerprint density at radius 2 is 0.468 bits per heavy atom. The van der Waals surface area contributed by atoms with Crippen molar-refractivity contribution in [3.8, 4) is 0 Å². The third-order valence-electron chi connectivity index (χ3n) is 38.4. The monoisotopic (exact) mass is 1890 g/mol. The van der Waals surface area contributed by atoms with E-state index in [0.29, 0.717) is 24.4 Å². The second-order valence-corrected chi connectivity index (χ2v) is 46.6. The molecule has 4 aromatic rings. The summed E-state index contributed by atoms with van der Waals surface area (Å²) >= 11 is 0. The lowest BCUT2D eigenvalue weighted by Gasteiger charge is -2.37. The fourth-order valence-corrected chi connectivity index (χ4v) is 29.1. The van der Waals surface area contributed by atoms with Crippen LogP contribution in [0.1, 0.15) is 530 Å². The van der Waals surface area contributed by atoms with Crippen LogP contribution in [0.4, 0.5) is 0 Å². The van der Waals surface area contributed by atoms with E-state index in [1.54, 1.807) is 50.1 Å². The summed E-state index contributed by atoms with van der Waals surface area (Å²) in [6.45, 7) is 31.8. The Hall–Kier alpha value is -5.36. The van der Waals surface area contributed by atoms with E-state index in [4.69, 9.17) is 18.9 Å². The van der Waals surface area contributed by atoms with Gasteiger partial charge in [-0.1, -0.05) is 249 Å². The highest BCUT2D eigenvalue weighted by Crippen LogP contribution is 2.50. The summed E-state index contributed by atoms with van der Waals surface area (Å²) in [5.41, 5.74) is 34.1. The van der Waals surface area contributed by atoms with Crippen LogP contribution in [0.2, 0.25) is 0 Å². The summed E-state index contributed by atoms with van der Waals surface area (Å²) in [6.07, 6.45) is 96.0. The van der Waals surface area contributed by atoms with Gasteiger partial charge in [0.2, 0.25) is 0 Å². The van der Waals surface area contributed by atoms with Gasteiger partial charge >= 0.3 is 0 Å². The van der Waals surface area contributed by atoms with Gasteiger partial charge in [0.15, 0.2) is 0 Å². The minimum absolute atomic E-state index is 0.525. The first kappa shape index (κ1) is 111. The predicted octanol–water partition coefficient (Wildman–Crippen LogP) is 40.0. The molecular formula is C135H206O4. The van der Waals surface area contributed by atoms with Crippen LogP contribution in [0, 0.1) is 47.3 Å². The minimum Gasteiger partial charge on any atom is -0.379 e. The first-order chi connectivity index (χ1) is 68.3. The average Bonchev–Trinajstić information content (AvgIpc) is 0.848. The highest BCUT2D eigenvalue weighted by atomic mass is 16.5. The number of allylic oxidation sites excluding steroid dienone is 15. The van der Waals surface area contributed by atoms with Crippen molar-refractivity contribution in [1.82, 2.24) is 0 Å². The Kier molecular flexibility index (Phi) is 48.9. The van der Waals surface area contributed by atoms with E-state index in [-0.39, 0.29) is 0 Å². The van der Waals surface area contributed by atoms with Gasteiger partial charge in [0, 0.05) is 26.4 Å². The molecule has 4 aromatic carbocycles. The molecule has 18 rings (SSSR count). The van der Waals surface area contributed by atoms with Gasteiger partial charge in [0.1, 0.15) is 0 Å². The molecule has 14 aliphatic rings. The van der Waals surface area contributed by atoms with Gasteiger partial charge in [0.25, 0.3) is 0 Å². The lowest BCUT2D eigenvalue weighted by molar-refractivity contribution is 0.0158. The van der Waals surface area contributed by atoms with E-state index in [0.717, 1.165) is 117 Å². The first-order valence-corrected chi connectivity index (χ1v) is 60.5. The van der Waals surface area contributed by atoms with Crippen LogP contribution in [0.5, 0.6) is 0 Å². The molecule has 4 nitrogen and oxygen atoms in total. The molecule has 0 spiro atoms. The van der Waals surface area contributed by atoms with E-state index in [9.17, 15) is 0 Å². The van der Waals surface area contributed by atoms with E-state index in [1.165, 1.54) is 414 Å². The molecule has 14 aliphatic carbocycles. The van der Waals surface area contributed by atoms with Crippen molar-refractivity contribution in [3.63, 3.8) is 0 Å². The maximum absolute atomic E-state index is 5.83. The molecule has 0 N–H and O–H groups in total. The van der Waals surface area contributed by atoms with Gasteiger partial charge in [-0.15, -0.1) is 6.58 Å². The molecule has 770 valence electrons. The van der Waals surface area contributed by atoms with Crippen LogP contribution < -0.4 is 0 Å². The molecule has 0 radical (unpaired) electrons. The lowest BCUT2D eigenvalue weighted by Crippen LogP contribution is -2.27. The Balaban J connectivity index is 0.000000141. The number of rotatable bonds is 24. The van der Waals surface area contributed by atoms with E-state index in [2.05, 4.69) is 198 Å². The van der Waals surface area contributed by atoms with E-state index < -0.39 is 0 Å². The number of hydrogen-bond donors (Lipinski definition) is 0. The summed E-state index contributed by atoms with van der Waals surface area (Å²) in [5, 5.41) is 0. The molecule has 0 amide bonds. The molecule has 0 aromatic heterocycles. The topological polar surface area (TPSA) is 36.9 Å². The first-order valence-electron chi connectivity index (χ1n) is 60.5. The largest absolute Gasteiger partial charge is 0.379 e. The molecule has 14 fully saturated rings. The van der Waals surface area contributed by atoms with Crippen LogP contribution in [0.15, 0.2) is 189 Å². The van der Waals surface area contributed by atoms with Crippen LogP contribution in [0.3, 0.4) is 0 Å². The molecule has 14 saturated carbocycles. The van der Waals surface area contributed by atoms with Crippen LogP contribution in [0.25, 0.3) is 0 Å². The van der Waals surface area contributed by atoms with Gasteiger partial charge < -0.3 is 18.9 Å². The Morgan fingerprint density at radius 1 is 0.237 bits per heavy atom. The number of hydrogen-bond acceptors (Lipinski definition) is 4. The van der Waals surface area contributed by atoms with Gasteiger partial charge in [-0.2, -0.15) is 0 Å². The highest BCUT2D eigenvalue weighted by Gasteiger charge is 2.36. The number of ether oxygens (including phenoxy) is 4. The molecule has 0 saturated heterocycles. The van der Waals surface area contributed by atoms with Crippen molar-refractivity contribution >= 4 is 0 Å². The third kappa shape index (κ3) is 35.2. The zero-order chi connectivity index (χ0) is 97.1. The molecule has 0 bridgehead atoms.